The fourth-order valence-electron chi connectivity index (χ4n) is 2.71. The van der Waals surface area contributed by atoms with Gasteiger partial charge < -0.3 is 10.7 Å². The lowest BCUT2D eigenvalue weighted by molar-refractivity contribution is -0.384. The molecule has 4 rings (SSSR count). The number of aromatic amines is 1. The average molecular weight is 397 g/mol. The number of nitrogen functional groups attached to an aromatic ring is 1. The van der Waals surface area contributed by atoms with Gasteiger partial charge >= 0.3 is 0 Å². The molecule has 0 aliphatic carbocycles. The molecule has 0 atom stereocenters. The van der Waals surface area contributed by atoms with Gasteiger partial charge in [-0.25, -0.2) is 0 Å². The summed E-state index contributed by atoms with van der Waals surface area (Å²) in [6, 6.07) is 13.6. The van der Waals surface area contributed by atoms with Crippen LogP contribution in [0.1, 0.15) is 0 Å². The van der Waals surface area contributed by atoms with E-state index in [1.54, 1.807) is 6.07 Å². The van der Waals surface area contributed by atoms with Crippen molar-refractivity contribution >= 4 is 44.8 Å². The van der Waals surface area contributed by atoms with Crippen molar-refractivity contribution in [2.24, 2.45) is 0 Å². The number of anilines is 1. The molecule has 0 bridgehead atoms. The summed E-state index contributed by atoms with van der Waals surface area (Å²) in [6.45, 7) is 0. The molecule has 8 nitrogen and oxygen atoms in total. The van der Waals surface area contributed by atoms with E-state index in [0.717, 1.165) is 17.3 Å². The lowest BCUT2D eigenvalue weighted by atomic mass is 10.0. The number of H-pyrrole nitrogens is 1. The molecule has 2 heterocycles. The van der Waals surface area contributed by atoms with E-state index in [4.69, 9.17) is 5.73 Å². The quantitative estimate of drug-likeness (QED) is 0.397. The maximum atomic E-state index is 12.8. The molecule has 0 unspecified atom stereocenters. The van der Waals surface area contributed by atoms with E-state index in [0.29, 0.717) is 30.8 Å². The van der Waals surface area contributed by atoms with Gasteiger partial charge in [-0.15, -0.1) is 10.2 Å². The third-order valence-corrected chi connectivity index (χ3v) is 5.74. The highest BCUT2D eigenvalue weighted by Crippen LogP contribution is 2.39. The number of benzene rings is 2. The van der Waals surface area contributed by atoms with Crippen LogP contribution in [-0.2, 0) is 0 Å². The number of nitrogens with two attached hydrogens (primary N) is 1. The van der Waals surface area contributed by atoms with Gasteiger partial charge in [0.1, 0.15) is 0 Å². The highest BCUT2D eigenvalue weighted by molar-refractivity contribution is 8.01. The van der Waals surface area contributed by atoms with E-state index in [1.807, 2.05) is 30.3 Å². The van der Waals surface area contributed by atoms with Crippen molar-refractivity contribution in [2.75, 3.05) is 5.73 Å². The summed E-state index contributed by atoms with van der Waals surface area (Å²) in [5, 5.41) is 19.8. The van der Waals surface area contributed by atoms with Gasteiger partial charge in [0.15, 0.2) is 4.34 Å². The third-order valence-electron chi connectivity index (χ3n) is 3.84. The zero-order valence-corrected chi connectivity index (χ0v) is 15.2. The first-order valence-electron chi connectivity index (χ1n) is 7.69. The standard InChI is InChI=1S/C17H11N5O3S2/c18-16-20-21-17(27-16)26-14-13(9-4-2-1-3-5-9)11-8-10(22(24)25)6-7-12(11)19-15(14)23/h1-8H,(H2,18,20)(H,19,23). The predicted octanol–water partition coefficient (Wildman–Crippen LogP) is 3.69. The molecule has 0 spiro atoms. The Morgan fingerprint density at radius 3 is 2.59 bits per heavy atom. The first-order valence-corrected chi connectivity index (χ1v) is 9.33. The molecule has 0 aliphatic heterocycles. The van der Waals surface area contributed by atoms with Crippen molar-refractivity contribution in [3.8, 4) is 11.1 Å². The number of hydrogen-bond donors (Lipinski definition) is 2. The normalized spacial score (nSPS) is 11.0. The van der Waals surface area contributed by atoms with Crippen LogP contribution in [0.2, 0.25) is 0 Å². The Hall–Kier alpha value is -3.24. The number of hydrogen-bond acceptors (Lipinski definition) is 8. The Balaban J connectivity index is 2.04. The van der Waals surface area contributed by atoms with E-state index in [-0.39, 0.29) is 11.2 Å². The second kappa shape index (κ2) is 6.82. The average Bonchev–Trinajstić information content (AvgIpc) is 3.07. The monoisotopic (exact) mass is 397 g/mol. The van der Waals surface area contributed by atoms with Gasteiger partial charge in [0.05, 0.1) is 9.82 Å². The Morgan fingerprint density at radius 2 is 1.93 bits per heavy atom. The Kier molecular flexibility index (Phi) is 4.34. The van der Waals surface area contributed by atoms with E-state index in [1.165, 1.54) is 23.5 Å². The summed E-state index contributed by atoms with van der Waals surface area (Å²) in [5.41, 5.74) is 7.17. The van der Waals surface area contributed by atoms with Crippen LogP contribution >= 0.6 is 23.1 Å². The minimum atomic E-state index is -0.461. The lowest BCUT2D eigenvalue weighted by Crippen LogP contribution is -2.10. The van der Waals surface area contributed by atoms with Crippen LogP contribution in [0, 0.1) is 10.1 Å². The molecule has 0 amide bonds. The van der Waals surface area contributed by atoms with Crippen LogP contribution in [0.15, 0.2) is 62.6 Å². The fraction of sp³-hybridized carbons (Fsp3) is 0. The molecule has 0 radical (unpaired) electrons. The number of non-ortho nitro benzene ring substituents is 1. The number of rotatable bonds is 4. The van der Waals surface area contributed by atoms with Crippen LogP contribution < -0.4 is 11.3 Å². The van der Waals surface area contributed by atoms with Gasteiger partial charge in [-0.1, -0.05) is 53.4 Å². The lowest BCUT2D eigenvalue weighted by Gasteiger charge is -2.11. The molecule has 2 aromatic carbocycles. The summed E-state index contributed by atoms with van der Waals surface area (Å²) in [5.74, 6) is 0. The molecule has 0 saturated heterocycles. The highest BCUT2D eigenvalue weighted by Gasteiger charge is 2.19. The third kappa shape index (κ3) is 3.27. The van der Waals surface area contributed by atoms with Gasteiger partial charge in [0.25, 0.3) is 11.2 Å². The van der Waals surface area contributed by atoms with E-state index >= 15 is 0 Å². The van der Waals surface area contributed by atoms with Crippen molar-refractivity contribution in [2.45, 2.75) is 9.24 Å². The molecule has 4 aromatic rings. The molecule has 134 valence electrons. The zero-order chi connectivity index (χ0) is 19.0. The van der Waals surface area contributed by atoms with Gasteiger partial charge in [-0.3, -0.25) is 14.9 Å². The van der Waals surface area contributed by atoms with Crippen LogP contribution in [0.25, 0.3) is 22.0 Å². The molecular formula is C17H11N5O3S2. The minimum Gasteiger partial charge on any atom is -0.374 e. The van der Waals surface area contributed by atoms with Gasteiger partial charge in [-0.05, 0) is 11.6 Å². The van der Waals surface area contributed by atoms with Crippen LogP contribution in [0.3, 0.4) is 0 Å². The topological polar surface area (TPSA) is 128 Å². The first-order chi connectivity index (χ1) is 13.0. The van der Waals surface area contributed by atoms with E-state index < -0.39 is 4.92 Å². The molecular weight excluding hydrogens is 386 g/mol. The molecule has 27 heavy (non-hydrogen) atoms. The Bertz CT molecular complexity index is 1220. The number of pyridine rings is 1. The van der Waals surface area contributed by atoms with Crippen molar-refractivity contribution in [1.29, 1.82) is 0 Å². The summed E-state index contributed by atoms with van der Waals surface area (Å²) in [4.78, 5) is 26.7. The van der Waals surface area contributed by atoms with Gasteiger partial charge in [0.2, 0.25) is 5.13 Å². The number of fused-ring (bicyclic) bond motifs is 1. The highest BCUT2D eigenvalue weighted by atomic mass is 32.2. The van der Waals surface area contributed by atoms with Crippen LogP contribution in [0.5, 0.6) is 0 Å². The second-order valence-corrected chi connectivity index (χ2v) is 7.79. The van der Waals surface area contributed by atoms with Crippen molar-refractivity contribution < 1.29 is 4.92 Å². The summed E-state index contributed by atoms with van der Waals surface area (Å²) >= 11 is 2.30. The predicted molar refractivity (Wildman–Crippen MR) is 105 cm³/mol. The number of nitrogens with zero attached hydrogens (tertiary/aromatic N) is 3. The van der Waals surface area contributed by atoms with Crippen molar-refractivity contribution in [3.05, 3.63) is 69.0 Å². The minimum absolute atomic E-state index is 0.0529. The SMILES string of the molecule is Nc1nnc(Sc2c(-c3ccccc3)c3cc([N+](=O)[O-])ccc3[nH]c2=O)s1. The van der Waals surface area contributed by atoms with E-state index in [9.17, 15) is 14.9 Å². The molecule has 2 aromatic heterocycles. The number of nitrogens with one attached hydrogen (secondary N) is 1. The second-order valence-electron chi connectivity index (χ2n) is 5.52. The molecule has 0 saturated carbocycles. The summed E-state index contributed by atoms with van der Waals surface area (Å²) in [6.07, 6.45) is 0. The van der Waals surface area contributed by atoms with Crippen LogP contribution in [0.4, 0.5) is 10.8 Å². The smallest absolute Gasteiger partial charge is 0.270 e. The summed E-state index contributed by atoms with van der Waals surface area (Å²) in [7, 11) is 0. The first kappa shape index (κ1) is 17.2. The summed E-state index contributed by atoms with van der Waals surface area (Å²) < 4.78 is 0.514. The van der Waals surface area contributed by atoms with Crippen LogP contribution in [-0.4, -0.2) is 20.1 Å². The fourth-order valence-corrected chi connectivity index (χ4v) is 4.46. The Labute approximate surface area is 160 Å². The van der Waals surface area contributed by atoms with Crippen molar-refractivity contribution in [3.63, 3.8) is 0 Å². The molecule has 10 heteroatoms. The van der Waals surface area contributed by atoms with Crippen molar-refractivity contribution in [1.82, 2.24) is 15.2 Å². The maximum Gasteiger partial charge on any atom is 0.270 e. The molecule has 3 N–H and O–H groups in total. The molecule has 0 fully saturated rings. The van der Waals surface area contributed by atoms with E-state index in [2.05, 4.69) is 15.2 Å². The number of aromatic nitrogens is 3. The van der Waals surface area contributed by atoms with Gasteiger partial charge in [-0.2, -0.15) is 0 Å². The number of nitro groups is 1. The number of nitro benzene ring substituents is 1. The van der Waals surface area contributed by atoms with Gasteiger partial charge in [0, 0.05) is 28.6 Å². The Morgan fingerprint density at radius 1 is 1.15 bits per heavy atom. The zero-order valence-electron chi connectivity index (χ0n) is 13.6. The molecule has 0 aliphatic rings. The largest absolute Gasteiger partial charge is 0.374 e. The maximum absolute atomic E-state index is 12.8.